The Morgan fingerprint density at radius 1 is 1.22 bits per heavy atom. The first-order chi connectivity index (χ1) is 8.49. The van der Waals surface area contributed by atoms with E-state index in [4.69, 9.17) is 5.11 Å². The summed E-state index contributed by atoms with van der Waals surface area (Å²) in [6, 6.07) is 8.98. The van der Waals surface area contributed by atoms with Gasteiger partial charge in [-0.1, -0.05) is 45.0 Å². The third-order valence-electron chi connectivity index (χ3n) is 3.85. The van der Waals surface area contributed by atoms with Gasteiger partial charge in [-0.25, -0.2) is 0 Å². The van der Waals surface area contributed by atoms with Crippen molar-refractivity contribution in [2.45, 2.75) is 39.2 Å². The Labute approximate surface area is 111 Å². The first-order valence-corrected chi connectivity index (χ1v) is 6.91. The largest absolute Gasteiger partial charge is 0.396 e. The molecule has 1 unspecified atom stereocenters. The number of hydrogen-bond acceptors (Lipinski definition) is 2. The highest BCUT2D eigenvalue weighted by molar-refractivity contribution is 5.27. The Morgan fingerprint density at radius 3 is 2.39 bits per heavy atom. The lowest BCUT2D eigenvalue weighted by Crippen LogP contribution is -2.21. The van der Waals surface area contributed by atoms with Gasteiger partial charge in [0.05, 0.1) is 0 Å². The summed E-state index contributed by atoms with van der Waals surface area (Å²) < 4.78 is 0. The lowest BCUT2D eigenvalue weighted by molar-refractivity contribution is 0.220. The summed E-state index contributed by atoms with van der Waals surface area (Å²) in [5.41, 5.74) is 3.00. The van der Waals surface area contributed by atoms with Crippen LogP contribution in [0, 0.1) is 5.92 Å². The van der Waals surface area contributed by atoms with Gasteiger partial charge in [0.25, 0.3) is 0 Å². The summed E-state index contributed by atoms with van der Waals surface area (Å²) in [6.07, 6.45) is 1.14. The molecule has 1 atom stereocenters. The lowest BCUT2D eigenvalue weighted by Gasteiger charge is -2.20. The van der Waals surface area contributed by atoms with Crippen LogP contribution in [0.2, 0.25) is 0 Å². The van der Waals surface area contributed by atoms with Gasteiger partial charge in [-0.05, 0) is 35.4 Å². The molecule has 100 valence electrons. The van der Waals surface area contributed by atoms with E-state index in [1.165, 1.54) is 11.1 Å². The molecule has 0 spiro atoms. The number of nitrogens with zero attached hydrogens (tertiary/aromatic N) is 1. The van der Waals surface area contributed by atoms with Gasteiger partial charge in [0.2, 0.25) is 0 Å². The highest BCUT2D eigenvalue weighted by Gasteiger charge is 2.21. The molecule has 1 N–H and O–H groups in total. The second kappa shape index (κ2) is 5.41. The monoisotopic (exact) mass is 247 g/mol. The first kappa shape index (κ1) is 13.6. The van der Waals surface area contributed by atoms with E-state index in [0.29, 0.717) is 12.5 Å². The van der Waals surface area contributed by atoms with Gasteiger partial charge >= 0.3 is 0 Å². The van der Waals surface area contributed by atoms with E-state index >= 15 is 0 Å². The summed E-state index contributed by atoms with van der Waals surface area (Å²) in [7, 11) is 0. The number of benzene rings is 1. The average Bonchev–Trinajstić information content (AvgIpc) is 2.76. The molecule has 1 heterocycles. The molecule has 0 aromatic heterocycles. The van der Waals surface area contributed by atoms with E-state index in [1.807, 2.05) is 0 Å². The molecule has 0 radical (unpaired) electrons. The smallest absolute Gasteiger partial charge is 0.0471 e. The standard InChI is InChI=1S/C16H25NO/c1-16(2,3)15-6-4-13(5-7-15)10-17-9-8-14(11-17)12-18/h4-7,14,18H,8-12H2,1-3H3. The normalized spacial score (nSPS) is 21.4. The Kier molecular flexibility index (Phi) is 4.08. The maximum absolute atomic E-state index is 9.15. The second-order valence-electron chi connectivity index (χ2n) is 6.52. The van der Waals surface area contributed by atoms with Crippen LogP contribution in [0.4, 0.5) is 0 Å². The van der Waals surface area contributed by atoms with Crippen molar-refractivity contribution in [3.63, 3.8) is 0 Å². The van der Waals surface area contributed by atoms with Crippen LogP contribution in [-0.4, -0.2) is 29.7 Å². The first-order valence-electron chi connectivity index (χ1n) is 6.91. The van der Waals surface area contributed by atoms with Crippen molar-refractivity contribution >= 4 is 0 Å². The van der Waals surface area contributed by atoms with Crippen LogP contribution in [0.5, 0.6) is 0 Å². The van der Waals surface area contributed by atoms with Gasteiger partial charge < -0.3 is 5.11 Å². The molecule has 1 fully saturated rings. The van der Waals surface area contributed by atoms with Crippen LogP contribution in [0.25, 0.3) is 0 Å². The Bertz CT molecular complexity index is 377. The minimum atomic E-state index is 0.230. The predicted octanol–water partition coefficient (Wildman–Crippen LogP) is 2.80. The van der Waals surface area contributed by atoms with Gasteiger partial charge in [0, 0.05) is 19.7 Å². The molecule has 0 saturated carbocycles. The molecular formula is C16H25NO. The number of hydrogen-bond donors (Lipinski definition) is 1. The van der Waals surface area contributed by atoms with E-state index < -0.39 is 0 Å². The van der Waals surface area contributed by atoms with Gasteiger partial charge in [-0.3, -0.25) is 4.90 Å². The van der Waals surface area contributed by atoms with Crippen molar-refractivity contribution in [1.82, 2.24) is 4.90 Å². The summed E-state index contributed by atoms with van der Waals surface area (Å²) in [5, 5.41) is 9.15. The Hall–Kier alpha value is -0.860. The second-order valence-corrected chi connectivity index (χ2v) is 6.52. The van der Waals surface area contributed by atoms with Gasteiger partial charge in [-0.15, -0.1) is 0 Å². The quantitative estimate of drug-likeness (QED) is 0.888. The molecule has 0 bridgehead atoms. The summed E-state index contributed by atoms with van der Waals surface area (Å²) in [6.45, 7) is 10.2. The molecule has 0 aliphatic carbocycles. The van der Waals surface area contributed by atoms with Crippen LogP contribution in [-0.2, 0) is 12.0 Å². The van der Waals surface area contributed by atoms with Crippen molar-refractivity contribution in [1.29, 1.82) is 0 Å². The summed E-state index contributed by atoms with van der Waals surface area (Å²) in [4.78, 5) is 2.44. The molecule has 2 nitrogen and oxygen atoms in total. The SMILES string of the molecule is CC(C)(C)c1ccc(CN2CCC(CO)C2)cc1. The molecule has 1 aliphatic rings. The number of aliphatic hydroxyl groups excluding tert-OH is 1. The van der Waals surface area contributed by atoms with Gasteiger partial charge in [-0.2, -0.15) is 0 Å². The van der Waals surface area contributed by atoms with Crippen molar-refractivity contribution in [3.8, 4) is 0 Å². The zero-order valence-electron chi connectivity index (χ0n) is 11.8. The molecule has 18 heavy (non-hydrogen) atoms. The molecule has 1 aromatic carbocycles. The molecule has 2 rings (SSSR count). The third-order valence-corrected chi connectivity index (χ3v) is 3.85. The average molecular weight is 247 g/mol. The van der Waals surface area contributed by atoms with Gasteiger partial charge in [0.15, 0.2) is 0 Å². The molecular weight excluding hydrogens is 222 g/mol. The van der Waals surface area contributed by atoms with Gasteiger partial charge in [0.1, 0.15) is 0 Å². The maximum atomic E-state index is 9.15. The minimum Gasteiger partial charge on any atom is -0.396 e. The highest BCUT2D eigenvalue weighted by atomic mass is 16.3. The molecule has 1 saturated heterocycles. The van der Waals surface area contributed by atoms with Crippen molar-refractivity contribution in [3.05, 3.63) is 35.4 Å². The Morgan fingerprint density at radius 2 is 1.89 bits per heavy atom. The van der Waals surface area contributed by atoms with Crippen molar-refractivity contribution in [2.24, 2.45) is 5.92 Å². The van der Waals surface area contributed by atoms with Crippen LogP contribution < -0.4 is 0 Å². The van der Waals surface area contributed by atoms with Crippen LogP contribution in [0.15, 0.2) is 24.3 Å². The van der Waals surface area contributed by atoms with Crippen molar-refractivity contribution < 1.29 is 5.11 Å². The van der Waals surface area contributed by atoms with Crippen LogP contribution in [0.3, 0.4) is 0 Å². The summed E-state index contributed by atoms with van der Waals surface area (Å²) in [5.74, 6) is 0.485. The molecule has 1 aliphatic heterocycles. The lowest BCUT2D eigenvalue weighted by atomic mass is 9.87. The van der Waals surface area contributed by atoms with E-state index in [9.17, 15) is 0 Å². The van der Waals surface area contributed by atoms with E-state index in [2.05, 4.69) is 49.9 Å². The fourth-order valence-corrected chi connectivity index (χ4v) is 2.57. The highest BCUT2D eigenvalue weighted by Crippen LogP contribution is 2.23. The summed E-state index contributed by atoms with van der Waals surface area (Å²) >= 11 is 0. The van der Waals surface area contributed by atoms with Crippen LogP contribution in [0.1, 0.15) is 38.3 Å². The fourth-order valence-electron chi connectivity index (χ4n) is 2.57. The van der Waals surface area contributed by atoms with E-state index in [0.717, 1.165) is 26.1 Å². The van der Waals surface area contributed by atoms with E-state index in [1.54, 1.807) is 0 Å². The number of likely N-dealkylation sites (tertiary alicyclic amines) is 1. The molecule has 2 heteroatoms. The topological polar surface area (TPSA) is 23.5 Å². The zero-order chi connectivity index (χ0) is 13.2. The van der Waals surface area contributed by atoms with Crippen molar-refractivity contribution in [2.75, 3.05) is 19.7 Å². The van der Waals surface area contributed by atoms with Crippen LogP contribution >= 0.6 is 0 Å². The van der Waals surface area contributed by atoms with E-state index in [-0.39, 0.29) is 5.41 Å². The molecule has 1 aromatic rings. The Balaban J connectivity index is 1.95. The number of aliphatic hydroxyl groups is 1. The zero-order valence-corrected chi connectivity index (χ0v) is 11.8. The predicted molar refractivity (Wildman–Crippen MR) is 75.6 cm³/mol. The fraction of sp³-hybridized carbons (Fsp3) is 0.625. The number of rotatable bonds is 3. The minimum absolute atomic E-state index is 0.230. The third kappa shape index (κ3) is 3.33. The maximum Gasteiger partial charge on any atom is 0.0471 e. The molecule has 0 amide bonds.